The zero-order chi connectivity index (χ0) is 19.7. The number of nitrogens with one attached hydrogen (secondary N) is 1. The minimum absolute atomic E-state index is 0.0267. The average molecular weight is 382 g/mol. The van der Waals surface area contributed by atoms with Crippen molar-refractivity contribution in [1.29, 1.82) is 0 Å². The maximum Gasteiger partial charge on any atom is 0.345 e. The summed E-state index contributed by atoms with van der Waals surface area (Å²) < 4.78 is 5.09. The van der Waals surface area contributed by atoms with Gasteiger partial charge in [-0.2, -0.15) is 10.2 Å². The molecule has 3 aromatic heterocycles. The lowest BCUT2D eigenvalue weighted by Gasteiger charge is -2.16. The molecule has 0 saturated carbocycles. The molecule has 1 N–H and O–H groups in total. The second kappa shape index (κ2) is 7.61. The van der Waals surface area contributed by atoms with Crippen LogP contribution in [0.25, 0.3) is 5.52 Å². The van der Waals surface area contributed by atoms with E-state index in [1.54, 1.807) is 32.2 Å². The number of fused-ring (bicyclic) bond motifs is 2. The molecule has 148 valence electrons. The van der Waals surface area contributed by atoms with Crippen LogP contribution in [0.4, 0.5) is 0 Å². The van der Waals surface area contributed by atoms with E-state index in [1.807, 2.05) is 12.1 Å². The standard InChI is InChI=1S/C20H26N6O2/c1-14(2)6-11-26-20(28)24-10-8-16(3-4-18(24)23-26)22-19(27)15-7-12-25-17(13-15)5-9-21-25/h5,7,9,12-14,16H,3-4,6,8,10-11H2,1-2H3,(H,22,27). The van der Waals surface area contributed by atoms with E-state index in [4.69, 9.17) is 0 Å². The van der Waals surface area contributed by atoms with Crippen molar-refractivity contribution < 1.29 is 4.79 Å². The summed E-state index contributed by atoms with van der Waals surface area (Å²) in [7, 11) is 0. The lowest BCUT2D eigenvalue weighted by molar-refractivity contribution is 0.0933. The number of carbonyl (C=O) groups excluding carboxylic acids is 1. The van der Waals surface area contributed by atoms with Gasteiger partial charge in [-0.3, -0.25) is 9.36 Å². The van der Waals surface area contributed by atoms with Crippen molar-refractivity contribution in [1.82, 2.24) is 29.3 Å². The van der Waals surface area contributed by atoms with Crippen molar-refractivity contribution in [2.24, 2.45) is 5.92 Å². The van der Waals surface area contributed by atoms with Crippen molar-refractivity contribution in [3.63, 3.8) is 0 Å². The first-order valence-electron chi connectivity index (χ1n) is 9.92. The molecule has 8 nitrogen and oxygen atoms in total. The first-order valence-corrected chi connectivity index (χ1v) is 9.92. The quantitative estimate of drug-likeness (QED) is 0.730. The van der Waals surface area contributed by atoms with E-state index in [9.17, 15) is 9.59 Å². The molecule has 1 atom stereocenters. The number of aromatic nitrogens is 5. The van der Waals surface area contributed by atoms with Crippen molar-refractivity contribution in [2.45, 2.75) is 58.7 Å². The van der Waals surface area contributed by atoms with E-state index in [-0.39, 0.29) is 17.6 Å². The fourth-order valence-electron chi connectivity index (χ4n) is 3.63. The van der Waals surface area contributed by atoms with Crippen LogP contribution in [0.2, 0.25) is 0 Å². The first-order chi connectivity index (χ1) is 13.5. The van der Waals surface area contributed by atoms with Crippen LogP contribution in [-0.4, -0.2) is 35.9 Å². The Morgan fingerprint density at radius 3 is 3.00 bits per heavy atom. The molecule has 0 aliphatic carbocycles. The molecule has 4 rings (SSSR count). The Kier molecular flexibility index (Phi) is 5.02. The molecule has 1 unspecified atom stereocenters. The Bertz CT molecular complexity index is 1040. The molecule has 0 bridgehead atoms. The summed E-state index contributed by atoms with van der Waals surface area (Å²) in [5.41, 5.74) is 1.47. The summed E-state index contributed by atoms with van der Waals surface area (Å²) in [6.07, 6.45) is 6.63. The number of carbonyl (C=O) groups is 1. The SMILES string of the molecule is CC(C)CCn1nc2n(c1=O)CCC(NC(=O)c1ccn3nccc3c1)CC2. The molecule has 4 heterocycles. The molecule has 3 aromatic rings. The molecule has 1 aliphatic heterocycles. The maximum atomic E-state index is 12.6. The van der Waals surface area contributed by atoms with Crippen LogP contribution in [0, 0.1) is 5.92 Å². The molecule has 0 radical (unpaired) electrons. The lowest BCUT2D eigenvalue weighted by Crippen LogP contribution is -2.36. The van der Waals surface area contributed by atoms with Crippen molar-refractivity contribution in [3.05, 3.63) is 52.5 Å². The Morgan fingerprint density at radius 1 is 1.32 bits per heavy atom. The zero-order valence-electron chi connectivity index (χ0n) is 16.3. The van der Waals surface area contributed by atoms with E-state index in [0.717, 1.165) is 30.6 Å². The van der Waals surface area contributed by atoms with Gasteiger partial charge in [0.15, 0.2) is 0 Å². The third kappa shape index (κ3) is 3.72. The molecule has 1 aliphatic rings. The molecule has 1 amide bonds. The number of nitrogens with zero attached hydrogens (tertiary/aromatic N) is 5. The zero-order valence-corrected chi connectivity index (χ0v) is 16.3. The van der Waals surface area contributed by atoms with Gasteiger partial charge in [-0.25, -0.2) is 14.0 Å². The number of amides is 1. The van der Waals surface area contributed by atoms with Crippen LogP contribution in [0.3, 0.4) is 0 Å². The van der Waals surface area contributed by atoms with E-state index in [2.05, 4.69) is 29.4 Å². The second-order valence-corrected chi connectivity index (χ2v) is 7.87. The van der Waals surface area contributed by atoms with Crippen LogP contribution in [0.5, 0.6) is 0 Å². The minimum Gasteiger partial charge on any atom is -0.349 e. The molecule has 0 spiro atoms. The predicted octanol–water partition coefficient (Wildman–Crippen LogP) is 1.87. The highest BCUT2D eigenvalue weighted by molar-refractivity contribution is 5.95. The summed E-state index contributed by atoms with van der Waals surface area (Å²) in [6.45, 7) is 5.53. The highest BCUT2D eigenvalue weighted by atomic mass is 16.2. The van der Waals surface area contributed by atoms with E-state index in [1.165, 1.54) is 0 Å². The number of aryl methyl sites for hydroxylation is 2. The van der Waals surface area contributed by atoms with Gasteiger partial charge in [0.25, 0.3) is 5.91 Å². The van der Waals surface area contributed by atoms with Gasteiger partial charge in [-0.05, 0) is 43.4 Å². The predicted molar refractivity (Wildman–Crippen MR) is 105 cm³/mol. The van der Waals surface area contributed by atoms with Crippen molar-refractivity contribution in [3.8, 4) is 0 Å². The molecule has 0 fully saturated rings. The number of pyridine rings is 1. The maximum absolute atomic E-state index is 12.6. The minimum atomic E-state index is -0.0948. The van der Waals surface area contributed by atoms with Crippen molar-refractivity contribution >= 4 is 11.4 Å². The lowest BCUT2D eigenvalue weighted by atomic mass is 10.1. The summed E-state index contributed by atoms with van der Waals surface area (Å²) in [5, 5.41) is 11.8. The van der Waals surface area contributed by atoms with Gasteiger partial charge >= 0.3 is 5.69 Å². The molecule has 0 saturated heterocycles. The normalized spacial score (nSPS) is 16.9. The highest BCUT2D eigenvalue weighted by Crippen LogP contribution is 2.14. The Hall–Kier alpha value is -2.90. The van der Waals surface area contributed by atoms with Crippen LogP contribution in [0.1, 0.15) is 49.3 Å². The number of rotatable bonds is 5. The Labute approximate surface area is 163 Å². The number of hydrogen-bond acceptors (Lipinski definition) is 4. The topological polar surface area (TPSA) is 86.2 Å². The molecule has 0 aromatic carbocycles. The van der Waals surface area contributed by atoms with Crippen LogP contribution < -0.4 is 11.0 Å². The Morgan fingerprint density at radius 2 is 2.18 bits per heavy atom. The van der Waals surface area contributed by atoms with E-state index >= 15 is 0 Å². The van der Waals surface area contributed by atoms with Gasteiger partial charge in [0.05, 0.1) is 5.52 Å². The largest absolute Gasteiger partial charge is 0.349 e. The van der Waals surface area contributed by atoms with Gasteiger partial charge < -0.3 is 5.32 Å². The van der Waals surface area contributed by atoms with E-state index < -0.39 is 0 Å². The van der Waals surface area contributed by atoms with E-state index in [0.29, 0.717) is 31.0 Å². The number of hydrogen-bond donors (Lipinski definition) is 1. The summed E-state index contributed by atoms with van der Waals surface area (Å²) in [5.74, 6) is 1.27. The third-order valence-electron chi connectivity index (χ3n) is 5.33. The third-order valence-corrected chi connectivity index (χ3v) is 5.33. The monoisotopic (exact) mass is 382 g/mol. The van der Waals surface area contributed by atoms with Gasteiger partial charge in [0, 0.05) is 43.5 Å². The van der Waals surface area contributed by atoms with Crippen LogP contribution in [0.15, 0.2) is 35.4 Å². The average Bonchev–Trinajstić information content (AvgIpc) is 3.20. The highest BCUT2D eigenvalue weighted by Gasteiger charge is 2.22. The Balaban J connectivity index is 1.41. The fraction of sp³-hybridized carbons (Fsp3) is 0.500. The first kappa shape index (κ1) is 18.5. The van der Waals surface area contributed by atoms with Crippen LogP contribution >= 0.6 is 0 Å². The summed E-state index contributed by atoms with van der Waals surface area (Å²) in [6, 6.07) is 5.49. The summed E-state index contributed by atoms with van der Waals surface area (Å²) >= 11 is 0. The molecular weight excluding hydrogens is 356 g/mol. The van der Waals surface area contributed by atoms with Gasteiger partial charge in [0.2, 0.25) is 0 Å². The van der Waals surface area contributed by atoms with Gasteiger partial charge in [-0.1, -0.05) is 13.8 Å². The second-order valence-electron chi connectivity index (χ2n) is 7.87. The smallest absolute Gasteiger partial charge is 0.345 e. The fourth-order valence-corrected chi connectivity index (χ4v) is 3.63. The van der Waals surface area contributed by atoms with Gasteiger partial charge in [-0.15, -0.1) is 0 Å². The molecule has 8 heteroatoms. The molecular formula is C20H26N6O2. The molecule has 28 heavy (non-hydrogen) atoms. The van der Waals surface area contributed by atoms with Gasteiger partial charge in [0.1, 0.15) is 5.82 Å². The van der Waals surface area contributed by atoms with Crippen molar-refractivity contribution in [2.75, 3.05) is 0 Å². The van der Waals surface area contributed by atoms with Crippen LogP contribution in [-0.2, 0) is 19.5 Å². The summed E-state index contributed by atoms with van der Waals surface area (Å²) in [4.78, 5) is 25.2.